The molecule has 0 bridgehead atoms. The molecule has 1 aliphatic carbocycles. The fourth-order valence-electron chi connectivity index (χ4n) is 3.69. The summed E-state index contributed by atoms with van der Waals surface area (Å²) in [7, 11) is 0.999. The zero-order valence-corrected chi connectivity index (χ0v) is 16.6. The van der Waals surface area contributed by atoms with Crippen molar-refractivity contribution >= 4 is 28.2 Å². The summed E-state index contributed by atoms with van der Waals surface area (Å²) in [5.74, 6) is 1.51. The molecule has 140 valence electrons. The molecule has 0 unspecified atom stereocenters. The number of benzene rings is 1. The summed E-state index contributed by atoms with van der Waals surface area (Å²) >= 11 is 0. The lowest BCUT2D eigenvalue weighted by Crippen LogP contribution is -2.37. The maximum Gasteiger partial charge on any atom is 0.227 e. The van der Waals surface area contributed by atoms with E-state index in [1.807, 2.05) is 4.90 Å². The van der Waals surface area contributed by atoms with Crippen molar-refractivity contribution in [3.05, 3.63) is 29.8 Å². The molecular weight excluding hydrogens is 360 g/mol. The van der Waals surface area contributed by atoms with Crippen LogP contribution in [0.15, 0.2) is 29.2 Å². The fourth-order valence-corrected chi connectivity index (χ4v) is 4.32. The number of amides is 1. The zero-order valence-electron chi connectivity index (χ0n) is 15.0. The number of sulfone groups is 1. The summed E-state index contributed by atoms with van der Waals surface area (Å²) in [4.78, 5) is 17.2. The van der Waals surface area contributed by atoms with Crippen molar-refractivity contribution in [3.8, 4) is 0 Å². The maximum atomic E-state index is 12.6. The molecular formula is C18H27ClN2O3S. The van der Waals surface area contributed by atoms with Crippen LogP contribution in [0, 0.1) is 11.8 Å². The molecule has 2 fully saturated rings. The molecule has 1 aromatic rings. The number of likely N-dealkylation sites (tertiary alicyclic amines) is 1. The first-order valence-electron chi connectivity index (χ1n) is 8.49. The quantitative estimate of drug-likeness (QED) is 0.775. The SMILES string of the molecule is CN(C)[C@H]1CN(C(=O)Cc2ccc(S(C)(=O)=O)cc2)C[C@@H]1C1CC1.Cl. The van der Waals surface area contributed by atoms with Crippen LogP contribution in [-0.2, 0) is 21.1 Å². The van der Waals surface area contributed by atoms with Gasteiger partial charge in [0.1, 0.15) is 0 Å². The van der Waals surface area contributed by atoms with Crippen LogP contribution in [0.3, 0.4) is 0 Å². The Labute approximate surface area is 156 Å². The van der Waals surface area contributed by atoms with Crippen LogP contribution >= 0.6 is 12.4 Å². The molecule has 2 aliphatic rings. The Hall–Kier alpha value is -1.11. The number of nitrogens with zero attached hydrogens (tertiary/aromatic N) is 2. The lowest BCUT2D eigenvalue weighted by molar-refractivity contribution is -0.129. The summed E-state index contributed by atoms with van der Waals surface area (Å²) < 4.78 is 23.0. The highest BCUT2D eigenvalue weighted by Crippen LogP contribution is 2.42. The molecule has 0 aromatic heterocycles. The summed E-state index contributed by atoms with van der Waals surface area (Å²) in [5.41, 5.74) is 0.865. The van der Waals surface area contributed by atoms with E-state index >= 15 is 0 Å². The minimum atomic E-state index is -3.19. The van der Waals surface area contributed by atoms with Crippen molar-refractivity contribution in [2.24, 2.45) is 11.8 Å². The molecule has 25 heavy (non-hydrogen) atoms. The second-order valence-electron chi connectivity index (χ2n) is 7.42. The van der Waals surface area contributed by atoms with Crippen molar-refractivity contribution in [3.63, 3.8) is 0 Å². The molecule has 1 saturated heterocycles. The topological polar surface area (TPSA) is 57.7 Å². The van der Waals surface area contributed by atoms with Crippen LogP contribution in [-0.4, -0.2) is 63.6 Å². The summed E-state index contributed by atoms with van der Waals surface area (Å²) in [6, 6.07) is 7.10. The van der Waals surface area contributed by atoms with Gasteiger partial charge in [0, 0.05) is 25.4 Å². The standard InChI is InChI=1S/C18H26N2O3S.ClH/c1-19(2)17-12-20(11-16(17)14-6-7-14)18(21)10-13-4-8-15(9-5-13)24(3,22)23;/h4-5,8-9,14,16-17H,6-7,10-12H2,1-3H3;1H/t16-,17+;/m1./s1. The van der Waals surface area contributed by atoms with E-state index in [-0.39, 0.29) is 18.3 Å². The van der Waals surface area contributed by atoms with Gasteiger partial charge in [-0.15, -0.1) is 12.4 Å². The molecule has 3 rings (SSSR count). The van der Waals surface area contributed by atoms with Gasteiger partial charge in [-0.3, -0.25) is 4.79 Å². The number of hydrogen-bond acceptors (Lipinski definition) is 4. The van der Waals surface area contributed by atoms with Crippen LogP contribution in [0.4, 0.5) is 0 Å². The Bertz CT molecular complexity index is 704. The number of hydrogen-bond donors (Lipinski definition) is 0. The second kappa shape index (κ2) is 7.64. The Kier molecular flexibility index (Phi) is 6.17. The third-order valence-corrected chi connectivity index (χ3v) is 6.41. The average molecular weight is 387 g/mol. The zero-order chi connectivity index (χ0) is 17.5. The molecule has 1 saturated carbocycles. The maximum absolute atomic E-state index is 12.6. The third kappa shape index (κ3) is 4.74. The first-order valence-corrected chi connectivity index (χ1v) is 10.4. The Morgan fingerprint density at radius 1 is 1.16 bits per heavy atom. The van der Waals surface area contributed by atoms with E-state index in [1.165, 1.54) is 19.1 Å². The van der Waals surface area contributed by atoms with Gasteiger partial charge in [0.25, 0.3) is 0 Å². The van der Waals surface area contributed by atoms with Gasteiger partial charge in [-0.05, 0) is 56.5 Å². The summed E-state index contributed by atoms with van der Waals surface area (Å²) in [5, 5.41) is 0. The number of carbonyl (C=O) groups excluding carboxylic acids is 1. The molecule has 0 radical (unpaired) electrons. The lowest BCUT2D eigenvalue weighted by Gasteiger charge is -2.24. The van der Waals surface area contributed by atoms with Crippen molar-refractivity contribution in [1.82, 2.24) is 9.80 Å². The number of carbonyl (C=O) groups is 1. The molecule has 1 aromatic carbocycles. The van der Waals surface area contributed by atoms with E-state index in [4.69, 9.17) is 0 Å². The fraction of sp³-hybridized carbons (Fsp3) is 0.611. The van der Waals surface area contributed by atoms with Crippen LogP contribution in [0.1, 0.15) is 18.4 Å². The predicted octanol–water partition coefficient (Wildman–Crippen LogP) is 1.85. The highest BCUT2D eigenvalue weighted by Gasteiger charge is 2.44. The van der Waals surface area contributed by atoms with Crippen molar-refractivity contribution in [1.29, 1.82) is 0 Å². The van der Waals surface area contributed by atoms with Gasteiger partial charge in [-0.1, -0.05) is 12.1 Å². The van der Waals surface area contributed by atoms with Crippen molar-refractivity contribution < 1.29 is 13.2 Å². The van der Waals surface area contributed by atoms with Gasteiger partial charge < -0.3 is 9.80 Å². The first-order chi connectivity index (χ1) is 11.3. The van der Waals surface area contributed by atoms with Crippen LogP contribution in [0.2, 0.25) is 0 Å². The van der Waals surface area contributed by atoms with Gasteiger partial charge >= 0.3 is 0 Å². The van der Waals surface area contributed by atoms with Gasteiger partial charge in [-0.2, -0.15) is 0 Å². The normalized spacial score (nSPS) is 23.6. The first kappa shape index (κ1) is 20.2. The van der Waals surface area contributed by atoms with Gasteiger partial charge in [0.05, 0.1) is 11.3 Å². The smallest absolute Gasteiger partial charge is 0.227 e. The molecule has 7 heteroatoms. The van der Waals surface area contributed by atoms with Gasteiger partial charge in [-0.25, -0.2) is 8.42 Å². The molecule has 5 nitrogen and oxygen atoms in total. The van der Waals surface area contributed by atoms with E-state index < -0.39 is 9.84 Å². The van der Waals surface area contributed by atoms with E-state index in [0.717, 1.165) is 24.6 Å². The monoisotopic (exact) mass is 386 g/mol. The van der Waals surface area contributed by atoms with Gasteiger partial charge in [0.15, 0.2) is 9.84 Å². The highest BCUT2D eigenvalue weighted by atomic mass is 35.5. The molecule has 2 atom stereocenters. The third-order valence-electron chi connectivity index (χ3n) is 5.28. The van der Waals surface area contributed by atoms with Gasteiger partial charge in [0.2, 0.25) is 5.91 Å². The number of rotatable bonds is 5. The number of halogens is 1. The van der Waals surface area contributed by atoms with E-state index in [9.17, 15) is 13.2 Å². The predicted molar refractivity (Wildman–Crippen MR) is 101 cm³/mol. The van der Waals surface area contributed by atoms with Crippen LogP contribution in [0.25, 0.3) is 0 Å². The van der Waals surface area contributed by atoms with Crippen molar-refractivity contribution in [2.45, 2.75) is 30.2 Å². The highest BCUT2D eigenvalue weighted by molar-refractivity contribution is 7.90. The van der Waals surface area contributed by atoms with Crippen molar-refractivity contribution in [2.75, 3.05) is 33.4 Å². The van der Waals surface area contributed by atoms with E-state index in [1.54, 1.807) is 24.3 Å². The molecule has 1 amide bonds. The molecule has 0 spiro atoms. The number of likely N-dealkylation sites (N-methyl/N-ethyl adjacent to an activating group) is 1. The molecule has 0 N–H and O–H groups in total. The average Bonchev–Trinajstić information content (AvgIpc) is 3.24. The van der Waals surface area contributed by atoms with E-state index in [2.05, 4.69) is 19.0 Å². The van der Waals surface area contributed by atoms with Crippen LogP contribution in [0.5, 0.6) is 0 Å². The Balaban J connectivity index is 0.00000225. The largest absolute Gasteiger partial charge is 0.340 e. The minimum absolute atomic E-state index is 0. The Morgan fingerprint density at radius 3 is 2.24 bits per heavy atom. The molecule has 1 aliphatic heterocycles. The van der Waals surface area contributed by atoms with Crippen LogP contribution < -0.4 is 0 Å². The second-order valence-corrected chi connectivity index (χ2v) is 9.44. The Morgan fingerprint density at radius 2 is 1.76 bits per heavy atom. The minimum Gasteiger partial charge on any atom is -0.340 e. The molecule has 1 heterocycles. The van der Waals surface area contributed by atoms with E-state index in [0.29, 0.717) is 23.3 Å². The summed E-state index contributed by atoms with van der Waals surface area (Å²) in [6.07, 6.45) is 4.12. The lowest BCUT2D eigenvalue weighted by atomic mass is 9.97. The summed E-state index contributed by atoms with van der Waals surface area (Å²) in [6.45, 7) is 1.65.